The molecule has 0 fully saturated rings. The lowest BCUT2D eigenvalue weighted by atomic mass is 9.88. The van der Waals surface area contributed by atoms with Crippen LogP contribution in [0.1, 0.15) is 13.3 Å². The van der Waals surface area contributed by atoms with E-state index in [0.717, 1.165) is 16.5 Å². The van der Waals surface area contributed by atoms with Crippen molar-refractivity contribution in [3.8, 4) is 0 Å². The zero-order valence-corrected chi connectivity index (χ0v) is 10.3. The Kier molecular flexibility index (Phi) is 4.56. The Morgan fingerprint density at radius 1 is 1.67 bits per heavy atom. The number of allylic oxidation sites excluding steroid dienone is 7. The topological polar surface area (TPSA) is 34.2 Å². The molecule has 0 amide bonds. The third-order valence-electron chi connectivity index (χ3n) is 2.37. The zero-order valence-electron chi connectivity index (χ0n) is 8.70. The second-order valence-electron chi connectivity index (χ2n) is 3.47. The largest absolute Gasteiger partial charge is 0.293 e. The molecule has 0 bridgehead atoms. The fourth-order valence-electron chi connectivity index (χ4n) is 1.48. The molecule has 0 saturated heterocycles. The molecule has 1 atom stereocenters. The first kappa shape index (κ1) is 12.0. The molecule has 0 spiro atoms. The van der Waals surface area contributed by atoms with E-state index < -0.39 is 0 Å². The molecule has 1 unspecified atom stereocenters. The minimum absolute atomic E-state index is 0.340. The Hall–Kier alpha value is -1.09. The first-order valence-corrected chi connectivity index (χ1v) is 5.57. The summed E-state index contributed by atoms with van der Waals surface area (Å²) >= 11 is 3.48. The number of hydrogen-bond acceptors (Lipinski definition) is 1. The van der Waals surface area contributed by atoms with E-state index in [9.17, 15) is 0 Å². The summed E-state index contributed by atoms with van der Waals surface area (Å²) in [4.78, 5) is 0. The summed E-state index contributed by atoms with van der Waals surface area (Å²) in [6.07, 6.45) is 10.4. The SMILES string of the molecule is C=C1C(C)=CC(Br)=CC1C/C=C\C=[NH+]O. The van der Waals surface area contributed by atoms with Crippen LogP contribution in [-0.4, -0.2) is 11.4 Å². The fourth-order valence-corrected chi connectivity index (χ4v) is 2.14. The summed E-state index contributed by atoms with van der Waals surface area (Å²) in [7, 11) is 0. The van der Waals surface area contributed by atoms with E-state index in [1.165, 1.54) is 11.8 Å². The molecule has 1 aliphatic rings. The van der Waals surface area contributed by atoms with Gasteiger partial charge >= 0.3 is 0 Å². The van der Waals surface area contributed by atoms with Crippen molar-refractivity contribution in [2.24, 2.45) is 5.92 Å². The van der Waals surface area contributed by atoms with Gasteiger partial charge in [0.25, 0.3) is 0 Å². The van der Waals surface area contributed by atoms with Crippen LogP contribution >= 0.6 is 15.9 Å². The van der Waals surface area contributed by atoms with E-state index >= 15 is 0 Å². The van der Waals surface area contributed by atoms with Crippen LogP contribution in [0.25, 0.3) is 0 Å². The Balaban J connectivity index is 2.64. The highest BCUT2D eigenvalue weighted by Gasteiger charge is 2.14. The molecule has 3 heteroatoms. The molecular weight excluding hydrogens is 254 g/mol. The monoisotopic (exact) mass is 268 g/mol. The molecule has 2 nitrogen and oxygen atoms in total. The standard InChI is InChI=1S/C12H14BrNO/c1-9-7-12(13)8-11(10(9)2)5-3-4-6-14-15/h3-4,6-8,11,15H,2,5H2,1H3/p+1/b4-3-,14-6?. The average Bonchev–Trinajstić information content (AvgIpc) is 2.19. The highest BCUT2D eigenvalue weighted by atomic mass is 79.9. The lowest BCUT2D eigenvalue weighted by Crippen LogP contribution is -2.63. The minimum Gasteiger partial charge on any atom is -0.293 e. The second-order valence-corrected chi connectivity index (χ2v) is 4.39. The number of rotatable bonds is 3. The molecule has 0 aromatic carbocycles. The Labute approximate surface area is 98.5 Å². The van der Waals surface area contributed by atoms with Crippen molar-refractivity contribution < 1.29 is 10.4 Å². The van der Waals surface area contributed by atoms with Gasteiger partial charge in [0.1, 0.15) is 0 Å². The van der Waals surface area contributed by atoms with Crippen molar-refractivity contribution in [2.45, 2.75) is 13.3 Å². The Morgan fingerprint density at radius 3 is 3.07 bits per heavy atom. The summed E-state index contributed by atoms with van der Waals surface area (Å²) in [6.45, 7) is 6.13. The van der Waals surface area contributed by atoms with Crippen LogP contribution in [0.15, 0.2) is 46.5 Å². The summed E-state index contributed by atoms with van der Waals surface area (Å²) in [6, 6.07) is 0. The van der Waals surface area contributed by atoms with Gasteiger partial charge in [0.15, 0.2) is 0 Å². The molecule has 15 heavy (non-hydrogen) atoms. The van der Waals surface area contributed by atoms with Crippen molar-refractivity contribution in [1.82, 2.24) is 0 Å². The van der Waals surface area contributed by atoms with Gasteiger partial charge < -0.3 is 0 Å². The smallest absolute Gasteiger partial charge is 0.212 e. The van der Waals surface area contributed by atoms with Gasteiger partial charge in [0.2, 0.25) is 6.21 Å². The minimum atomic E-state index is 0.340. The second kappa shape index (κ2) is 5.71. The highest BCUT2D eigenvalue weighted by Crippen LogP contribution is 2.31. The normalized spacial score (nSPS) is 22.3. The molecular formula is C12H15BrNO+. The predicted octanol–water partition coefficient (Wildman–Crippen LogP) is 1.88. The number of hydrogen-bond donors (Lipinski definition) is 2. The van der Waals surface area contributed by atoms with Gasteiger partial charge in [-0.2, -0.15) is 0 Å². The zero-order chi connectivity index (χ0) is 11.3. The number of nitrogens with one attached hydrogen (secondary N) is 1. The van der Waals surface area contributed by atoms with Gasteiger partial charge in [-0.05, 0) is 35.7 Å². The van der Waals surface area contributed by atoms with E-state index in [1.54, 1.807) is 6.08 Å². The van der Waals surface area contributed by atoms with Gasteiger partial charge in [-0.25, -0.2) is 0 Å². The van der Waals surface area contributed by atoms with Crippen LogP contribution in [0, 0.1) is 5.92 Å². The Bertz CT molecular complexity index is 364. The van der Waals surface area contributed by atoms with E-state index in [1.807, 2.05) is 11.2 Å². The summed E-state index contributed by atoms with van der Waals surface area (Å²) in [5, 5.41) is 10.3. The molecule has 0 radical (unpaired) electrons. The van der Waals surface area contributed by atoms with Crippen LogP contribution in [0.2, 0.25) is 0 Å². The van der Waals surface area contributed by atoms with Crippen molar-refractivity contribution in [3.05, 3.63) is 46.5 Å². The van der Waals surface area contributed by atoms with Crippen molar-refractivity contribution in [1.29, 1.82) is 0 Å². The van der Waals surface area contributed by atoms with Crippen molar-refractivity contribution in [3.63, 3.8) is 0 Å². The molecule has 2 N–H and O–H groups in total. The quantitative estimate of drug-likeness (QED) is 0.458. The molecule has 0 aliphatic heterocycles. The van der Waals surface area contributed by atoms with E-state index in [-0.39, 0.29) is 0 Å². The van der Waals surface area contributed by atoms with Gasteiger partial charge in [-0.3, -0.25) is 5.21 Å². The maximum atomic E-state index is 8.34. The fraction of sp³-hybridized carbons (Fsp3) is 0.250. The number of halogens is 1. The summed E-state index contributed by atoms with van der Waals surface area (Å²) < 4.78 is 1.11. The van der Waals surface area contributed by atoms with Gasteiger partial charge in [-0.1, -0.05) is 34.7 Å². The molecule has 1 rings (SSSR count). The molecule has 0 saturated carbocycles. The van der Waals surface area contributed by atoms with Gasteiger partial charge in [0.05, 0.1) is 0 Å². The molecule has 0 heterocycles. The first-order valence-electron chi connectivity index (χ1n) is 4.78. The summed E-state index contributed by atoms with van der Waals surface area (Å²) in [5.74, 6) is 0.340. The van der Waals surface area contributed by atoms with E-state index in [4.69, 9.17) is 5.21 Å². The highest BCUT2D eigenvalue weighted by molar-refractivity contribution is 9.11. The van der Waals surface area contributed by atoms with Crippen molar-refractivity contribution in [2.75, 3.05) is 0 Å². The van der Waals surface area contributed by atoms with Gasteiger partial charge in [0, 0.05) is 16.5 Å². The van der Waals surface area contributed by atoms with E-state index in [0.29, 0.717) is 5.92 Å². The molecule has 0 aromatic rings. The maximum Gasteiger partial charge on any atom is 0.212 e. The predicted molar refractivity (Wildman–Crippen MR) is 66.0 cm³/mol. The van der Waals surface area contributed by atoms with Crippen molar-refractivity contribution >= 4 is 22.1 Å². The lowest BCUT2D eigenvalue weighted by Gasteiger charge is -2.19. The maximum absolute atomic E-state index is 8.34. The van der Waals surface area contributed by atoms with Crippen LogP contribution in [0.4, 0.5) is 0 Å². The molecule has 80 valence electrons. The third-order valence-corrected chi connectivity index (χ3v) is 2.86. The van der Waals surface area contributed by atoms with E-state index in [2.05, 4.69) is 41.6 Å². The average molecular weight is 269 g/mol. The molecule has 1 aliphatic carbocycles. The van der Waals surface area contributed by atoms with Crippen LogP contribution in [-0.2, 0) is 0 Å². The lowest BCUT2D eigenvalue weighted by molar-refractivity contribution is -0.733. The van der Waals surface area contributed by atoms with Crippen LogP contribution in [0.5, 0.6) is 0 Å². The molecule has 0 aromatic heterocycles. The third kappa shape index (κ3) is 3.51. The Morgan fingerprint density at radius 2 is 2.40 bits per heavy atom. The first-order chi connectivity index (χ1) is 7.15. The summed E-state index contributed by atoms with van der Waals surface area (Å²) in [5.41, 5.74) is 2.37. The van der Waals surface area contributed by atoms with Crippen LogP contribution < -0.4 is 5.16 Å². The van der Waals surface area contributed by atoms with Crippen LogP contribution in [0.3, 0.4) is 0 Å². The van der Waals surface area contributed by atoms with Gasteiger partial charge in [-0.15, -0.1) is 0 Å².